The zero-order valence-corrected chi connectivity index (χ0v) is 11.3. The van der Waals surface area contributed by atoms with Crippen molar-refractivity contribution >= 4 is 5.97 Å². The van der Waals surface area contributed by atoms with Crippen LogP contribution in [0.4, 0.5) is 4.39 Å². The first-order valence-corrected chi connectivity index (χ1v) is 6.17. The highest BCUT2D eigenvalue weighted by molar-refractivity contribution is 5.90. The topological polar surface area (TPSA) is 70.3 Å². The Bertz CT molecular complexity index is 735. The van der Waals surface area contributed by atoms with E-state index in [2.05, 4.69) is 0 Å². The minimum Gasteiger partial charge on any atom is -0.488 e. The molecule has 1 N–H and O–H groups in total. The highest BCUT2D eigenvalue weighted by Gasteiger charge is 2.13. The molecular formula is C16H12FNO3. The van der Waals surface area contributed by atoms with Gasteiger partial charge in [0.25, 0.3) is 0 Å². The summed E-state index contributed by atoms with van der Waals surface area (Å²) >= 11 is 0. The number of aryl methyl sites for hydroxylation is 1. The Labute approximate surface area is 121 Å². The van der Waals surface area contributed by atoms with Gasteiger partial charge in [-0.15, -0.1) is 0 Å². The van der Waals surface area contributed by atoms with E-state index >= 15 is 0 Å². The summed E-state index contributed by atoms with van der Waals surface area (Å²) in [5.41, 5.74) is 0.976. The maximum absolute atomic E-state index is 13.9. The molecule has 0 aliphatic rings. The summed E-state index contributed by atoms with van der Waals surface area (Å²) in [4.78, 5) is 11.1. The van der Waals surface area contributed by atoms with Gasteiger partial charge < -0.3 is 9.84 Å². The van der Waals surface area contributed by atoms with Crippen molar-refractivity contribution in [2.24, 2.45) is 0 Å². The number of ether oxygens (including phenoxy) is 1. The first kappa shape index (κ1) is 14.5. The molecule has 0 heterocycles. The minimum absolute atomic E-state index is 0.0115. The number of benzene rings is 2. The number of carboxylic acid groups (broad SMARTS) is 1. The number of carboxylic acids is 1. The zero-order valence-electron chi connectivity index (χ0n) is 11.3. The number of rotatable bonds is 4. The van der Waals surface area contributed by atoms with Gasteiger partial charge in [0, 0.05) is 5.56 Å². The SMILES string of the molecule is Cc1ccc(C(=O)O)c(OCc2cccc(C#N)c2F)c1. The highest BCUT2D eigenvalue weighted by Crippen LogP contribution is 2.22. The van der Waals surface area contributed by atoms with Crippen molar-refractivity contribution in [3.63, 3.8) is 0 Å². The van der Waals surface area contributed by atoms with Crippen LogP contribution in [0.3, 0.4) is 0 Å². The predicted molar refractivity (Wildman–Crippen MR) is 73.6 cm³/mol. The van der Waals surface area contributed by atoms with E-state index in [1.807, 2.05) is 0 Å². The molecule has 2 rings (SSSR count). The number of nitrogens with zero attached hydrogens (tertiary/aromatic N) is 1. The maximum Gasteiger partial charge on any atom is 0.339 e. The quantitative estimate of drug-likeness (QED) is 0.935. The Hall–Kier alpha value is -2.87. The lowest BCUT2D eigenvalue weighted by Crippen LogP contribution is -2.05. The van der Waals surface area contributed by atoms with E-state index < -0.39 is 11.8 Å². The predicted octanol–water partition coefficient (Wildman–Crippen LogP) is 3.28. The number of hydrogen-bond acceptors (Lipinski definition) is 3. The Morgan fingerprint density at radius 3 is 2.81 bits per heavy atom. The summed E-state index contributed by atoms with van der Waals surface area (Å²) < 4.78 is 19.3. The van der Waals surface area contributed by atoms with Crippen molar-refractivity contribution in [1.82, 2.24) is 0 Å². The normalized spacial score (nSPS) is 9.95. The van der Waals surface area contributed by atoms with Crippen molar-refractivity contribution in [3.8, 4) is 11.8 Å². The van der Waals surface area contributed by atoms with Gasteiger partial charge in [0.05, 0.1) is 5.56 Å². The van der Waals surface area contributed by atoms with E-state index in [9.17, 15) is 9.18 Å². The fraction of sp³-hybridized carbons (Fsp3) is 0.125. The standard InChI is InChI=1S/C16H12FNO3/c1-10-5-6-13(16(19)20)14(7-10)21-9-12-4-2-3-11(8-18)15(12)17/h2-7H,9H2,1H3,(H,19,20). The summed E-state index contributed by atoms with van der Waals surface area (Å²) in [6.07, 6.45) is 0. The molecule has 0 saturated heterocycles. The molecule has 0 saturated carbocycles. The van der Waals surface area contributed by atoms with Crippen LogP contribution in [0.25, 0.3) is 0 Å². The van der Waals surface area contributed by atoms with Crippen LogP contribution < -0.4 is 4.74 Å². The summed E-state index contributed by atoms with van der Waals surface area (Å²) in [5.74, 6) is -1.59. The second-order valence-electron chi connectivity index (χ2n) is 4.48. The molecule has 0 amide bonds. The first-order valence-electron chi connectivity index (χ1n) is 6.17. The van der Waals surface area contributed by atoms with Gasteiger partial charge in [-0.1, -0.05) is 18.2 Å². The van der Waals surface area contributed by atoms with Crippen molar-refractivity contribution < 1.29 is 19.0 Å². The third-order valence-corrected chi connectivity index (χ3v) is 2.95. The average molecular weight is 285 g/mol. The van der Waals surface area contributed by atoms with E-state index in [1.165, 1.54) is 18.2 Å². The fourth-order valence-corrected chi connectivity index (χ4v) is 1.86. The van der Waals surface area contributed by atoms with Crippen LogP contribution in [0.2, 0.25) is 0 Å². The Kier molecular flexibility index (Phi) is 4.19. The molecule has 0 aliphatic carbocycles. The van der Waals surface area contributed by atoms with E-state index in [-0.39, 0.29) is 29.0 Å². The van der Waals surface area contributed by atoms with Crippen molar-refractivity contribution in [1.29, 1.82) is 5.26 Å². The number of aromatic carboxylic acids is 1. The molecule has 0 radical (unpaired) electrons. The lowest BCUT2D eigenvalue weighted by atomic mass is 10.1. The molecule has 0 atom stereocenters. The molecule has 4 nitrogen and oxygen atoms in total. The van der Waals surface area contributed by atoms with Gasteiger partial charge in [-0.2, -0.15) is 5.26 Å². The smallest absolute Gasteiger partial charge is 0.339 e. The van der Waals surface area contributed by atoms with Crippen LogP contribution in [0.15, 0.2) is 36.4 Å². The number of halogens is 1. The third kappa shape index (κ3) is 3.18. The highest BCUT2D eigenvalue weighted by atomic mass is 19.1. The molecule has 5 heteroatoms. The summed E-state index contributed by atoms with van der Waals surface area (Å²) in [6, 6.07) is 10.8. The first-order chi connectivity index (χ1) is 10.0. The molecule has 0 bridgehead atoms. The lowest BCUT2D eigenvalue weighted by molar-refractivity contribution is 0.0691. The van der Waals surface area contributed by atoms with Crippen molar-refractivity contribution in [2.75, 3.05) is 0 Å². The second kappa shape index (κ2) is 6.06. The molecule has 0 aromatic heterocycles. The Morgan fingerprint density at radius 1 is 1.38 bits per heavy atom. The van der Waals surface area contributed by atoms with E-state index in [0.717, 1.165) is 5.56 Å². The molecule has 0 spiro atoms. The van der Waals surface area contributed by atoms with E-state index in [4.69, 9.17) is 15.1 Å². The van der Waals surface area contributed by atoms with Gasteiger partial charge in [-0.3, -0.25) is 0 Å². The molecule has 106 valence electrons. The van der Waals surface area contributed by atoms with Crippen LogP contribution >= 0.6 is 0 Å². The minimum atomic E-state index is -1.11. The second-order valence-corrected chi connectivity index (χ2v) is 4.48. The maximum atomic E-state index is 13.9. The molecule has 21 heavy (non-hydrogen) atoms. The zero-order chi connectivity index (χ0) is 15.4. The van der Waals surface area contributed by atoms with Crippen molar-refractivity contribution in [2.45, 2.75) is 13.5 Å². The fourth-order valence-electron chi connectivity index (χ4n) is 1.86. The van der Waals surface area contributed by atoms with Crippen LogP contribution in [0, 0.1) is 24.1 Å². The molecule has 0 unspecified atom stereocenters. The largest absolute Gasteiger partial charge is 0.488 e. The Morgan fingerprint density at radius 2 is 2.14 bits per heavy atom. The summed E-state index contributed by atoms with van der Waals surface area (Å²) in [6.45, 7) is 1.65. The van der Waals surface area contributed by atoms with E-state index in [1.54, 1.807) is 31.2 Å². The van der Waals surface area contributed by atoms with Gasteiger partial charge in [-0.05, 0) is 30.7 Å². The number of carbonyl (C=O) groups is 1. The van der Waals surface area contributed by atoms with Crippen LogP contribution in [0.5, 0.6) is 5.75 Å². The van der Waals surface area contributed by atoms with Crippen molar-refractivity contribution in [3.05, 3.63) is 64.5 Å². The third-order valence-electron chi connectivity index (χ3n) is 2.95. The molecular weight excluding hydrogens is 273 g/mol. The molecule has 0 fully saturated rings. The lowest BCUT2D eigenvalue weighted by Gasteiger charge is -2.11. The molecule has 0 aliphatic heterocycles. The van der Waals surface area contributed by atoms with Gasteiger partial charge in [0.1, 0.15) is 29.8 Å². The molecule has 2 aromatic rings. The van der Waals surface area contributed by atoms with Gasteiger partial charge in [-0.25, -0.2) is 9.18 Å². The van der Waals surface area contributed by atoms with Gasteiger partial charge in [0.15, 0.2) is 0 Å². The molecule has 2 aromatic carbocycles. The summed E-state index contributed by atoms with van der Waals surface area (Å²) in [7, 11) is 0. The summed E-state index contributed by atoms with van der Waals surface area (Å²) in [5, 5.41) is 17.9. The number of hydrogen-bond donors (Lipinski definition) is 1. The van der Waals surface area contributed by atoms with E-state index in [0.29, 0.717) is 0 Å². The average Bonchev–Trinajstić information content (AvgIpc) is 2.46. The monoisotopic (exact) mass is 285 g/mol. The van der Waals surface area contributed by atoms with Crippen LogP contribution in [0.1, 0.15) is 27.0 Å². The van der Waals surface area contributed by atoms with Gasteiger partial charge in [0.2, 0.25) is 0 Å². The number of nitriles is 1. The van der Waals surface area contributed by atoms with Crippen LogP contribution in [-0.2, 0) is 6.61 Å². The van der Waals surface area contributed by atoms with Crippen LogP contribution in [-0.4, -0.2) is 11.1 Å². The van der Waals surface area contributed by atoms with Gasteiger partial charge >= 0.3 is 5.97 Å². The Balaban J connectivity index is 2.27.